The van der Waals surface area contributed by atoms with Crippen molar-refractivity contribution in [3.8, 4) is 0 Å². The molecule has 1 aromatic carbocycles. The maximum Gasteiger partial charge on any atom is 0.313 e. The lowest BCUT2D eigenvalue weighted by Gasteiger charge is -2.23. The first-order valence-corrected chi connectivity index (χ1v) is 6.65. The Balaban J connectivity index is 0.00000180. The highest BCUT2D eigenvalue weighted by Gasteiger charge is 2.20. The Morgan fingerprint density at radius 2 is 2.21 bits per heavy atom. The Labute approximate surface area is 120 Å². The highest BCUT2D eigenvalue weighted by Crippen LogP contribution is 2.25. The Hall–Kier alpha value is -1.06. The molecule has 0 saturated heterocycles. The lowest BCUT2D eigenvalue weighted by atomic mass is 9.86. The molecule has 0 saturated carbocycles. The predicted octanol–water partition coefficient (Wildman–Crippen LogP) is 2.59. The first-order chi connectivity index (χ1) is 8.61. The lowest BCUT2D eigenvalue weighted by molar-refractivity contribution is -0.144. The Morgan fingerprint density at radius 3 is 2.89 bits per heavy atom. The number of rotatable bonds is 3. The summed E-state index contributed by atoms with van der Waals surface area (Å²) < 4.78 is 5.06. The molecule has 0 heterocycles. The molecule has 0 aromatic heterocycles. The molecule has 106 valence electrons. The number of esters is 1. The van der Waals surface area contributed by atoms with E-state index in [1.165, 1.54) is 11.1 Å². The van der Waals surface area contributed by atoms with Crippen LogP contribution in [0.3, 0.4) is 0 Å². The van der Waals surface area contributed by atoms with E-state index in [1.54, 1.807) is 0 Å². The van der Waals surface area contributed by atoms with Crippen LogP contribution >= 0.6 is 12.4 Å². The molecule has 0 bridgehead atoms. The number of ether oxygens (including phenoxy) is 1. The summed E-state index contributed by atoms with van der Waals surface area (Å²) in [7, 11) is 0. The first-order valence-electron chi connectivity index (χ1n) is 6.65. The van der Waals surface area contributed by atoms with Gasteiger partial charge in [-0.05, 0) is 49.8 Å². The number of carbonyl (C=O) groups is 1. The summed E-state index contributed by atoms with van der Waals surface area (Å²) >= 11 is 0. The summed E-state index contributed by atoms with van der Waals surface area (Å²) in [6.45, 7) is 4.15. The van der Waals surface area contributed by atoms with E-state index in [-0.39, 0.29) is 30.3 Å². The highest BCUT2D eigenvalue weighted by atomic mass is 35.5. The van der Waals surface area contributed by atoms with Crippen molar-refractivity contribution >= 4 is 18.4 Å². The smallest absolute Gasteiger partial charge is 0.313 e. The van der Waals surface area contributed by atoms with E-state index in [0.717, 1.165) is 24.8 Å². The Kier molecular flexibility index (Phi) is 5.83. The van der Waals surface area contributed by atoms with Crippen molar-refractivity contribution in [3.05, 3.63) is 34.9 Å². The average molecular weight is 284 g/mol. The standard InChI is InChI=1S/C15H21NO2.ClH/c1-3-18-15(17)10(2)12-5-4-11-6-7-14(16)9-13(11)8-12;/h4-5,8,10,14H,3,6-7,9,16H2,1-2H3;1H. The number of halogens is 1. The van der Waals surface area contributed by atoms with Gasteiger partial charge in [0.25, 0.3) is 0 Å². The second-order valence-electron chi connectivity index (χ2n) is 5.00. The van der Waals surface area contributed by atoms with Crippen LogP contribution in [0, 0.1) is 0 Å². The molecule has 0 radical (unpaired) electrons. The molecule has 2 atom stereocenters. The van der Waals surface area contributed by atoms with Crippen molar-refractivity contribution < 1.29 is 9.53 Å². The molecular weight excluding hydrogens is 262 g/mol. The minimum atomic E-state index is -0.201. The summed E-state index contributed by atoms with van der Waals surface area (Å²) in [5.74, 6) is -0.356. The number of aryl methyl sites for hydroxylation is 1. The zero-order valence-electron chi connectivity index (χ0n) is 11.5. The van der Waals surface area contributed by atoms with Crippen molar-refractivity contribution in [2.75, 3.05) is 6.61 Å². The third-order valence-electron chi connectivity index (χ3n) is 3.64. The van der Waals surface area contributed by atoms with Gasteiger partial charge in [-0.3, -0.25) is 4.79 Å². The normalized spacial score (nSPS) is 19.0. The van der Waals surface area contributed by atoms with Gasteiger partial charge in [0.15, 0.2) is 0 Å². The van der Waals surface area contributed by atoms with Crippen LogP contribution in [-0.4, -0.2) is 18.6 Å². The topological polar surface area (TPSA) is 52.3 Å². The Morgan fingerprint density at radius 1 is 1.47 bits per heavy atom. The second-order valence-corrected chi connectivity index (χ2v) is 5.00. The number of fused-ring (bicyclic) bond motifs is 1. The van der Waals surface area contributed by atoms with Crippen LogP contribution in [0.4, 0.5) is 0 Å². The summed E-state index contributed by atoms with van der Waals surface area (Å²) in [6, 6.07) is 6.55. The van der Waals surface area contributed by atoms with Crippen LogP contribution in [0.15, 0.2) is 18.2 Å². The van der Waals surface area contributed by atoms with Crippen molar-refractivity contribution in [1.29, 1.82) is 0 Å². The number of nitrogens with two attached hydrogens (primary N) is 1. The molecule has 4 heteroatoms. The van der Waals surface area contributed by atoms with E-state index in [1.807, 2.05) is 19.9 Å². The number of hydrogen-bond acceptors (Lipinski definition) is 3. The largest absolute Gasteiger partial charge is 0.466 e. The molecule has 1 aliphatic rings. The third-order valence-corrected chi connectivity index (χ3v) is 3.64. The Bertz CT molecular complexity index is 448. The second kappa shape index (κ2) is 6.92. The summed E-state index contributed by atoms with van der Waals surface area (Å²) in [6.07, 6.45) is 3.02. The molecule has 1 aromatic rings. The summed E-state index contributed by atoms with van der Waals surface area (Å²) in [5.41, 5.74) is 9.69. The molecule has 0 spiro atoms. The van der Waals surface area contributed by atoms with Crippen LogP contribution < -0.4 is 5.73 Å². The third kappa shape index (κ3) is 3.71. The maximum atomic E-state index is 11.7. The quantitative estimate of drug-likeness (QED) is 0.868. The van der Waals surface area contributed by atoms with Crippen molar-refractivity contribution in [2.45, 2.75) is 45.1 Å². The minimum Gasteiger partial charge on any atom is -0.466 e. The average Bonchev–Trinajstić information content (AvgIpc) is 2.37. The van der Waals surface area contributed by atoms with E-state index in [2.05, 4.69) is 12.1 Å². The summed E-state index contributed by atoms with van der Waals surface area (Å²) in [4.78, 5) is 11.7. The fourth-order valence-corrected chi connectivity index (χ4v) is 2.48. The molecule has 3 nitrogen and oxygen atoms in total. The van der Waals surface area contributed by atoms with E-state index < -0.39 is 0 Å². The van der Waals surface area contributed by atoms with Gasteiger partial charge in [-0.15, -0.1) is 12.4 Å². The van der Waals surface area contributed by atoms with E-state index in [4.69, 9.17) is 10.5 Å². The van der Waals surface area contributed by atoms with Gasteiger partial charge in [-0.25, -0.2) is 0 Å². The van der Waals surface area contributed by atoms with Crippen LogP contribution in [0.25, 0.3) is 0 Å². The van der Waals surface area contributed by atoms with Gasteiger partial charge >= 0.3 is 5.97 Å². The molecule has 0 amide bonds. The minimum absolute atomic E-state index is 0. The van der Waals surface area contributed by atoms with Crippen molar-refractivity contribution in [1.82, 2.24) is 0 Å². The summed E-state index contributed by atoms with van der Waals surface area (Å²) in [5, 5.41) is 0. The number of benzene rings is 1. The number of hydrogen-bond donors (Lipinski definition) is 1. The van der Waals surface area contributed by atoms with Crippen LogP contribution in [0.1, 0.15) is 42.9 Å². The van der Waals surface area contributed by atoms with Gasteiger partial charge in [-0.1, -0.05) is 18.2 Å². The zero-order valence-corrected chi connectivity index (χ0v) is 12.3. The molecule has 0 fully saturated rings. The first kappa shape index (κ1) is 16.0. The SMILES string of the molecule is CCOC(=O)C(C)c1ccc2c(c1)CC(N)CC2.Cl. The monoisotopic (exact) mass is 283 g/mol. The van der Waals surface area contributed by atoms with Crippen molar-refractivity contribution in [2.24, 2.45) is 5.73 Å². The zero-order chi connectivity index (χ0) is 13.1. The van der Waals surface area contributed by atoms with Crippen LogP contribution in [0.5, 0.6) is 0 Å². The van der Waals surface area contributed by atoms with E-state index >= 15 is 0 Å². The number of carbonyl (C=O) groups excluding carboxylic acids is 1. The van der Waals surface area contributed by atoms with E-state index in [0.29, 0.717) is 6.61 Å². The molecule has 0 aliphatic heterocycles. The van der Waals surface area contributed by atoms with Gasteiger partial charge < -0.3 is 10.5 Å². The van der Waals surface area contributed by atoms with Gasteiger partial charge in [0.05, 0.1) is 12.5 Å². The fraction of sp³-hybridized carbons (Fsp3) is 0.533. The van der Waals surface area contributed by atoms with Gasteiger partial charge in [0.2, 0.25) is 0 Å². The molecule has 2 rings (SSSR count). The maximum absolute atomic E-state index is 11.7. The lowest BCUT2D eigenvalue weighted by Crippen LogP contribution is -2.28. The highest BCUT2D eigenvalue weighted by molar-refractivity contribution is 5.85. The van der Waals surface area contributed by atoms with Gasteiger partial charge in [-0.2, -0.15) is 0 Å². The molecule has 19 heavy (non-hydrogen) atoms. The fourth-order valence-electron chi connectivity index (χ4n) is 2.48. The predicted molar refractivity (Wildman–Crippen MR) is 78.7 cm³/mol. The van der Waals surface area contributed by atoms with Gasteiger partial charge in [0.1, 0.15) is 0 Å². The molecule has 2 unspecified atom stereocenters. The van der Waals surface area contributed by atoms with Crippen molar-refractivity contribution in [3.63, 3.8) is 0 Å². The molecule has 2 N–H and O–H groups in total. The molecule has 1 aliphatic carbocycles. The van der Waals surface area contributed by atoms with Gasteiger partial charge in [0, 0.05) is 6.04 Å². The van der Waals surface area contributed by atoms with Crippen LogP contribution in [-0.2, 0) is 22.4 Å². The van der Waals surface area contributed by atoms with E-state index in [9.17, 15) is 4.79 Å². The molecular formula is C15H22ClNO2. The van der Waals surface area contributed by atoms with Crippen LogP contribution in [0.2, 0.25) is 0 Å².